The molecule has 6 heteroatoms. The fraction of sp³-hybridized carbons (Fsp3) is 0.889. The number of rotatable bonds is 2. The molecule has 1 N–H and O–H groups in total. The molecule has 0 saturated carbocycles. The zero-order valence-corrected chi connectivity index (χ0v) is 9.57. The Hall–Kier alpha value is -0.620. The van der Waals surface area contributed by atoms with Gasteiger partial charge < -0.3 is 5.32 Å². The maximum absolute atomic E-state index is 4.02. The van der Waals surface area contributed by atoms with Crippen LogP contribution < -0.4 is 5.32 Å². The quantitative estimate of drug-likeness (QED) is 0.798. The number of hydrogen-bond acceptors (Lipinski definition) is 5. The summed E-state index contributed by atoms with van der Waals surface area (Å²) in [5.74, 6) is 0. The predicted octanol–water partition coefficient (Wildman–Crippen LogP) is 0.585. The molecule has 2 fully saturated rings. The van der Waals surface area contributed by atoms with Gasteiger partial charge in [0, 0.05) is 24.4 Å². The SMILES string of the molecule is Cn1nnnc1SC1C[C@H]2CC[C@@H](C1)N2. The lowest BCUT2D eigenvalue weighted by Crippen LogP contribution is -2.39. The molecular weight excluding hydrogens is 210 g/mol. The van der Waals surface area contributed by atoms with Crippen LogP contribution in [-0.4, -0.2) is 37.5 Å². The summed E-state index contributed by atoms with van der Waals surface area (Å²) in [4.78, 5) is 0. The fourth-order valence-electron chi connectivity index (χ4n) is 2.57. The van der Waals surface area contributed by atoms with Crippen molar-refractivity contribution < 1.29 is 0 Å². The first-order valence-corrected chi connectivity index (χ1v) is 6.34. The Labute approximate surface area is 93.0 Å². The van der Waals surface area contributed by atoms with Crippen molar-refractivity contribution in [3.8, 4) is 0 Å². The zero-order valence-electron chi connectivity index (χ0n) is 8.76. The van der Waals surface area contributed by atoms with Crippen molar-refractivity contribution in [2.45, 2.75) is 48.2 Å². The molecule has 15 heavy (non-hydrogen) atoms. The van der Waals surface area contributed by atoms with Gasteiger partial charge in [0.2, 0.25) is 5.16 Å². The van der Waals surface area contributed by atoms with Gasteiger partial charge in [-0.3, -0.25) is 0 Å². The molecule has 0 spiro atoms. The van der Waals surface area contributed by atoms with Gasteiger partial charge in [-0.25, -0.2) is 4.68 Å². The van der Waals surface area contributed by atoms with Gasteiger partial charge in [0.05, 0.1) is 0 Å². The van der Waals surface area contributed by atoms with Crippen LogP contribution in [0.3, 0.4) is 0 Å². The van der Waals surface area contributed by atoms with Crippen LogP contribution in [0.2, 0.25) is 0 Å². The molecule has 3 heterocycles. The highest BCUT2D eigenvalue weighted by Gasteiger charge is 2.34. The highest BCUT2D eigenvalue weighted by molar-refractivity contribution is 7.99. The minimum Gasteiger partial charge on any atom is -0.311 e. The van der Waals surface area contributed by atoms with Gasteiger partial charge >= 0.3 is 0 Å². The Morgan fingerprint density at radius 2 is 2.07 bits per heavy atom. The lowest BCUT2D eigenvalue weighted by molar-refractivity contribution is 0.414. The molecule has 3 rings (SSSR count). The maximum Gasteiger partial charge on any atom is 0.209 e. The summed E-state index contributed by atoms with van der Waals surface area (Å²) in [5, 5.41) is 16.8. The standard InChI is InChI=1S/C9H15N5S/c1-14-9(11-12-13-14)15-8-4-6-2-3-7(5-8)10-6/h6-8,10H,2-5H2,1H3/t6-,7+,8?. The van der Waals surface area contributed by atoms with Crippen molar-refractivity contribution >= 4 is 11.8 Å². The second-order valence-electron chi connectivity index (χ2n) is 4.43. The van der Waals surface area contributed by atoms with E-state index in [1.54, 1.807) is 4.68 Å². The van der Waals surface area contributed by atoms with E-state index in [1.165, 1.54) is 25.7 Å². The third-order valence-electron chi connectivity index (χ3n) is 3.28. The Balaban J connectivity index is 1.67. The highest BCUT2D eigenvalue weighted by atomic mass is 32.2. The van der Waals surface area contributed by atoms with E-state index in [4.69, 9.17) is 0 Å². The van der Waals surface area contributed by atoms with Gasteiger partial charge in [-0.2, -0.15) is 0 Å². The number of tetrazole rings is 1. The Morgan fingerprint density at radius 3 is 2.67 bits per heavy atom. The molecule has 1 aromatic heterocycles. The van der Waals surface area contributed by atoms with Crippen LogP contribution in [0.1, 0.15) is 25.7 Å². The minimum absolute atomic E-state index is 0.688. The van der Waals surface area contributed by atoms with Crippen molar-refractivity contribution in [1.82, 2.24) is 25.5 Å². The summed E-state index contributed by atoms with van der Waals surface area (Å²) < 4.78 is 1.76. The number of thioether (sulfide) groups is 1. The smallest absolute Gasteiger partial charge is 0.209 e. The third-order valence-corrected chi connectivity index (χ3v) is 4.56. The lowest BCUT2D eigenvalue weighted by Gasteiger charge is -2.27. The van der Waals surface area contributed by atoms with E-state index < -0.39 is 0 Å². The highest BCUT2D eigenvalue weighted by Crippen LogP contribution is 2.35. The molecule has 2 bridgehead atoms. The van der Waals surface area contributed by atoms with Crippen molar-refractivity contribution in [3.05, 3.63) is 0 Å². The van der Waals surface area contributed by atoms with Crippen LogP contribution in [0, 0.1) is 0 Å². The van der Waals surface area contributed by atoms with E-state index in [1.807, 2.05) is 18.8 Å². The average molecular weight is 225 g/mol. The van der Waals surface area contributed by atoms with E-state index in [9.17, 15) is 0 Å². The van der Waals surface area contributed by atoms with Crippen LogP contribution in [-0.2, 0) is 7.05 Å². The minimum atomic E-state index is 0.688. The van der Waals surface area contributed by atoms with E-state index in [-0.39, 0.29) is 0 Å². The summed E-state index contributed by atoms with van der Waals surface area (Å²) in [6.45, 7) is 0. The van der Waals surface area contributed by atoms with Crippen LogP contribution in [0.25, 0.3) is 0 Å². The normalized spacial score (nSPS) is 34.6. The van der Waals surface area contributed by atoms with Crippen molar-refractivity contribution in [1.29, 1.82) is 0 Å². The largest absolute Gasteiger partial charge is 0.311 e. The molecule has 3 atom stereocenters. The first-order valence-electron chi connectivity index (χ1n) is 5.46. The predicted molar refractivity (Wildman–Crippen MR) is 57.6 cm³/mol. The van der Waals surface area contributed by atoms with Crippen LogP contribution >= 0.6 is 11.8 Å². The zero-order chi connectivity index (χ0) is 10.3. The van der Waals surface area contributed by atoms with Gasteiger partial charge in [-0.1, -0.05) is 11.8 Å². The number of aromatic nitrogens is 4. The second kappa shape index (κ2) is 3.75. The monoisotopic (exact) mass is 225 g/mol. The Bertz CT molecular complexity index is 340. The number of aryl methyl sites for hydroxylation is 1. The van der Waals surface area contributed by atoms with Gasteiger partial charge in [0.15, 0.2) is 0 Å². The van der Waals surface area contributed by atoms with Gasteiger partial charge in [-0.05, 0) is 36.1 Å². The Morgan fingerprint density at radius 1 is 1.33 bits per heavy atom. The number of fused-ring (bicyclic) bond motifs is 2. The Kier molecular flexibility index (Phi) is 2.40. The molecule has 1 unspecified atom stereocenters. The summed E-state index contributed by atoms with van der Waals surface area (Å²) in [6, 6.07) is 1.48. The van der Waals surface area contributed by atoms with Gasteiger partial charge in [0.1, 0.15) is 0 Å². The van der Waals surface area contributed by atoms with E-state index in [0.717, 1.165) is 17.2 Å². The molecule has 2 aliphatic heterocycles. The molecule has 0 amide bonds. The second-order valence-corrected chi connectivity index (χ2v) is 5.70. The molecule has 1 aromatic rings. The first kappa shape index (κ1) is 9.59. The number of nitrogens with zero attached hydrogens (tertiary/aromatic N) is 4. The van der Waals surface area contributed by atoms with Crippen molar-refractivity contribution in [2.24, 2.45) is 7.05 Å². The van der Waals surface area contributed by atoms with Gasteiger partial charge in [-0.15, -0.1) is 5.10 Å². The number of nitrogens with one attached hydrogen (secondary N) is 1. The summed E-state index contributed by atoms with van der Waals surface area (Å²) in [7, 11) is 1.90. The van der Waals surface area contributed by atoms with E-state index in [0.29, 0.717) is 5.25 Å². The number of piperidine rings is 1. The summed E-state index contributed by atoms with van der Waals surface area (Å²) in [5.41, 5.74) is 0. The topological polar surface area (TPSA) is 55.6 Å². The van der Waals surface area contributed by atoms with Crippen LogP contribution in [0.4, 0.5) is 0 Å². The molecule has 0 aromatic carbocycles. The third kappa shape index (κ3) is 1.88. The molecule has 0 radical (unpaired) electrons. The number of hydrogen-bond donors (Lipinski definition) is 1. The van der Waals surface area contributed by atoms with Crippen molar-refractivity contribution in [2.75, 3.05) is 0 Å². The molecule has 0 aliphatic carbocycles. The van der Waals surface area contributed by atoms with Crippen LogP contribution in [0.5, 0.6) is 0 Å². The summed E-state index contributed by atoms with van der Waals surface area (Å²) in [6.07, 6.45) is 5.21. The molecule has 82 valence electrons. The molecule has 2 saturated heterocycles. The molecular formula is C9H15N5S. The van der Waals surface area contributed by atoms with Crippen LogP contribution in [0.15, 0.2) is 5.16 Å². The van der Waals surface area contributed by atoms with E-state index >= 15 is 0 Å². The molecule has 2 aliphatic rings. The van der Waals surface area contributed by atoms with Gasteiger partial charge in [0.25, 0.3) is 0 Å². The maximum atomic E-state index is 4.02. The average Bonchev–Trinajstić information content (AvgIpc) is 2.75. The lowest BCUT2D eigenvalue weighted by atomic mass is 10.1. The van der Waals surface area contributed by atoms with E-state index in [2.05, 4.69) is 20.8 Å². The van der Waals surface area contributed by atoms with Crippen molar-refractivity contribution in [3.63, 3.8) is 0 Å². The first-order chi connectivity index (χ1) is 7.31. The summed E-state index contributed by atoms with van der Waals surface area (Å²) >= 11 is 1.83. The fourth-order valence-corrected chi connectivity index (χ4v) is 3.80. The molecule has 5 nitrogen and oxygen atoms in total.